The van der Waals surface area contributed by atoms with Gasteiger partial charge in [0.15, 0.2) is 0 Å². The van der Waals surface area contributed by atoms with Gasteiger partial charge in [-0.1, -0.05) is 13.8 Å². The van der Waals surface area contributed by atoms with Crippen molar-refractivity contribution in [3.05, 3.63) is 15.6 Å². The molecule has 1 saturated heterocycles. The number of nitrogens with zero attached hydrogens (tertiary/aromatic N) is 2. The van der Waals surface area contributed by atoms with Gasteiger partial charge in [0.1, 0.15) is 5.01 Å². The van der Waals surface area contributed by atoms with Crippen molar-refractivity contribution in [3.63, 3.8) is 0 Å². The van der Waals surface area contributed by atoms with E-state index in [-0.39, 0.29) is 12.0 Å². The molecule has 0 radical (unpaired) electrons. The summed E-state index contributed by atoms with van der Waals surface area (Å²) >= 11 is 1.76. The highest BCUT2D eigenvalue weighted by molar-refractivity contribution is 7.11. The van der Waals surface area contributed by atoms with Crippen LogP contribution < -0.4 is 0 Å². The Morgan fingerprint density at radius 3 is 2.56 bits per heavy atom. The van der Waals surface area contributed by atoms with E-state index in [0.29, 0.717) is 5.92 Å². The van der Waals surface area contributed by atoms with Gasteiger partial charge in [0, 0.05) is 16.2 Å². The molecule has 2 heterocycles. The topological polar surface area (TPSA) is 36.4 Å². The van der Waals surface area contributed by atoms with E-state index in [1.807, 2.05) is 0 Å². The molecule has 3 nitrogen and oxygen atoms in total. The number of aliphatic hydroxyl groups excluding tert-OH is 1. The molecule has 4 heteroatoms. The molecule has 0 amide bonds. The molecule has 0 bridgehead atoms. The molecule has 1 N–H and O–H groups in total. The third kappa shape index (κ3) is 2.76. The van der Waals surface area contributed by atoms with Crippen LogP contribution in [0.4, 0.5) is 0 Å². The fraction of sp³-hybridized carbons (Fsp3) is 0.786. The summed E-state index contributed by atoms with van der Waals surface area (Å²) in [6.45, 7) is 8.78. The van der Waals surface area contributed by atoms with Gasteiger partial charge in [-0.2, -0.15) is 0 Å². The van der Waals surface area contributed by atoms with Crippen molar-refractivity contribution in [2.45, 2.75) is 44.9 Å². The fourth-order valence-corrected chi connectivity index (χ4v) is 3.52. The van der Waals surface area contributed by atoms with Gasteiger partial charge in [-0.05, 0) is 39.9 Å². The summed E-state index contributed by atoms with van der Waals surface area (Å²) in [5.41, 5.74) is 1.07. The molecule has 2 rings (SSSR count). The molecule has 1 aromatic rings. The van der Waals surface area contributed by atoms with E-state index in [0.717, 1.165) is 5.01 Å². The molecule has 0 aliphatic carbocycles. The third-order valence-electron chi connectivity index (χ3n) is 3.91. The predicted molar refractivity (Wildman–Crippen MR) is 76.4 cm³/mol. The van der Waals surface area contributed by atoms with Crippen molar-refractivity contribution in [2.75, 3.05) is 26.7 Å². The lowest BCUT2D eigenvalue weighted by molar-refractivity contribution is 0.217. The third-order valence-corrected chi connectivity index (χ3v) is 5.26. The minimum absolute atomic E-state index is 0.160. The number of thiazole rings is 1. The van der Waals surface area contributed by atoms with Crippen molar-refractivity contribution < 1.29 is 5.11 Å². The van der Waals surface area contributed by atoms with Gasteiger partial charge in [-0.3, -0.25) is 0 Å². The van der Waals surface area contributed by atoms with Crippen LogP contribution in [-0.2, 0) is 5.41 Å². The molecule has 0 unspecified atom stereocenters. The first kappa shape index (κ1) is 14.0. The Balaban J connectivity index is 2.19. The average molecular weight is 268 g/mol. The number of aliphatic hydroxyl groups is 1. The largest absolute Gasteiger partial charge is 0.395 e. The van der Waals surface area contributed by atoms with Gasteiger partial charge in [0.05, 0.1) is 12.3 Å². The van der Waals surface area contributed by atoms with Crippen molar-refractivity contribution in [2.24, 2.45) is 0 Å². The van der Waals surface area contributed by atoms with E-state index >= 15 is 0 Å². The summed E-state index contributed by atoms with van der Waals surface area (Å²) in [5, 5.41) is 10.5. The second-order valence-corrected chi connectivity index (χ2v) is 7.28. The average Bonchev–Trinajstić information content (AvgIpc) is 2.73. The van der Waals surface area contributed by atoms with Gasteiger partial charge in [-0.25, -0.2) is 4.98 Å². The van der Waals surface area contributed by atoms with Gasteiger partial charge >= 0.3 is 0 Å². The standard InChI is InChI=1S/C14H24N2OS/c1-10-12(11-5-7-16(4)8-6-11)15-13(18-10)14(2,3)9-17/h11,17H,5-9H2,1-4H3. The molecule has 18 heavy (non-hydrogen) atoms. The minimum atomic E-state index is -0.209. The number of aromatic nitrogens is 1. The molecular weight excluding hydrogens is 244 g/mol. The summed E-state index contributed by atoms with van der Waals surface area (Å²) in [7, 11) is 2.18. The summed E-state index contributed by atoms with van der Waals surface area (Å²) in [6.07, 6.45) is 2.42. The summed E-state index contributed by atoms with van der Waals surface area (Å²) in [6, 6.07) is 0. The predicted octanol–water partition coefficient (Wildman–Crippen LogP) is 2.53. The Morgan fingerprint density at radius 2 is 2.00 bits per heavy atom. The maximum absolute atomic E-state index is 9.45. The molecule has 1 aliphatic heterocycles. The van der Waals surface area contributed by atoms with Gasteiger partial charge in [-0.15, -0.1) is 11.3 Å². The van der Waals surface area contributed by atoms with Gasteiger partial charge < -0.3 is 10.0 Å². The molecule has 0 spiro atoms. The zero-order valence-corrected chi connectivity index (χ0v) is 12.7. The number of likely N-dealkylation sites (tertiary alicyclic amines) is 1. The van der Waals surface area contributed by atoms with E-state index in [4.69, 9.17) is 4.98 Å². The van der Waals surface area contributed by atoms with E-state index in [1.165, 1.54) is 36.5 Å². The van der Waals surface area contributed by atoms with Crippen LogP contribution in [0.5, 0.6) is 0 Å². The normalized spacial score (nSPS) is 19.4. The van der Waals surface area contributed by atoms with Gasteiger partial charge in [0.25, 0.3) is 0 Å². The maximum atomic E-state index is 9.45. The number of aryl methyl sites for hydroxylation is 1. The van der Waals surface area contributed by atoms with E-state index in [1.54, 1.807) is 11.3 Å². The molecule has 0 saturated carbocycles. The van der Waals surface area contributed by atoms with Crippen LogP contribution in [0, 0.1) is 6.92 Å². The van der Waals surface area contributed by atoms with Crippen LogP contribution in [0.25, 0.3) is 0 Å². The van der Waals surface area contributed by atoms with Crippen molar-refractivity contribution >= 4 is 11.3 Å². The molecule has 1 aliphatic rings. The zero-order chi connectivity index (χ0) is 13.3. The SMILES string of the molecule is Cc1sc(C(C)(C)CO)nc1C1CCN(C)CC1. The second kappa shape index (κ2) is 5.27. The molecule has 1 aromatic heterocycles. The Bertz CT molecular complexity index is 406. The lowest BCUT2D eigenvalue weighted by atomic mass is 9.92. The van der Waals surface area contributed by atoms with Crippen molar-refractivity contribution in [3.8, 4) is 0 Å². The van der Waals surface area contributed by atoms with Crippen molar-refractivity contribution in [1.29, 1.82) is 0 Å². The second-order valence-electron chi connectivity index (χ2n) is 6.08. The first-order valence-corrected chi connectivity index (χ1v) is 7.53. The van der Waals surface area contributed by atoms with Crippen molar-refractivity contribution in [1.82, 2.24) is 9.88 Å². The molecule has 0 aromatic carbocycles. The molecule has 102 valence electrons. The monoisotopic (exact) mass is 268 g/mol. The van der Waals surface area contributed by atoms with E-state index in [9.17, 15) is 5.11 Å². The molecule has 0 atom stereocenters. The van der Waals surface area contributed by atoms with Crippen LogP contribution in [0.15, 0.2) is 0 Å². The maximum Gasteiger partial charge on any atom is 0.101 e. The lowest BCUT2D eigenvalue weighted by Crippen LogP contribution is -2.29. The fourth-order valence-electron chi connectivity index (χ4n) is 2.43. The number of hydrogen-bond acceptors (Lipinski definition) is 4. The molecular formula is C14H24N2OS. The first-order valence-electron chi connectivity index (χ1n) is 6.71. The molecule has 1 fully saturated rings. The van der Waals surface area contributed by atoms with Crippen LogP contribution in [0.1, 0.15) is 48.2 Å². The number of piperidine rings is 1. The van der Waals surface area contributed by atoms with Crippen LogP contribution in [0.2, 0.25) is 0 Å². The van der Waals surface area contributed by atoms with Gasteiger partial charge in [0.2, 0.25) is 0 Å². The van der Waals surface area contributed by atoms with E-state index in [2.05, 4.69) is 32.7 Å². The summed E-state index contributed by atoms with van der Waals surface area (Å²) in [5.74, 6) is 0.612. The smallest absolute Gasteiger partial charge is 0.101 e. The zero-order valence-electron chi connectivity index (χ0n) is 11.9. The number of rotatable bonds is 3. The lowest BCUT2D eigenvalue weighted by Gasteiger charge is -2.28. The summed E-state index contributed by atoms with van der Waals surface area (Å²) in [4.78, 5) is 8.56. The Morgan fingerprint density at radius 1 is 1.39 bits per heavy atom. The summed E-state index contributed by atoms with van der Waals surface area (Å²) < 4.78 is 0. The van der Waals surface area contributed by atoms with E-state index < -0.39 is 0 Å². The van der Waals surface area contributed by atoms with Crippen LogP contribution >= 0.6 is 11.3 Å². The Hall–Kier alpha value is -0.450. The Kier molecular flexibility index (Phi) is 4.09. The first-order chi connectivity index (χ1) is 8.44. The number of hydrogen-bond donors (Lipinski definition) is 1. The highest BCUT2D eigenvalue weighted by Gasteiger charge is 2.28. The van der Waals surface area contributed by atoms with Crippen LogP contribution in [-0.4, -0.2) is 41.7 Å². The minimum Gasteiger partial charge on any atom is -0.395 e. The Labute approximate surface area is 114 Å². The highest BCUT2D eigenvalue weighted by Crippen LogP contribution is 2.35. The van der Waals surface area contributed by atoms with Crippen LogP contribution in [0.3, 0.4) is 0 Å². The quantitative estimate of drug-likeness (QED) is 0.915. The highest BCUT2D eigenvalue weighted by atomic mass is 32.1.